The Kier molecular flexibility index (Phi) is 5.97. The third-order valence-corrected chi connectivity index (χ3v) is 2.80. The maximum Gasteiger partial charge on any atom is 0.166 e. The van der Waals surface area contributed by atoms with Crippen molar-refractivity contribution in [1.29, 1.82) is 0 Å². The van der Waals surface area contributed by atoms with E-state index in [1.807, 2.05) is 13.1 Å². The van der Waals surface area contributed by atoms with Gasteiger partial charge < -0.3 is 10.6 Å². The zero-order valence-corrected chi connectivity index (χ0v) is 11.7. The monoisotopic (exact) mass is 254 g/mol. The molecule has 0 saturated carbocycles. The van der Waals surface area contributed by atoms with Crippen LogP contribution in [0.5, 0.6) is 0 Å². The van der Waals surface area contributed by atoms with E-state index < -0.39 is 0 Å². The van der Waals surface area contributed by atoms with Crippen molar-refractivity contribution >= 4 is 17.3 Å². The van der Waals surface area contributed by atoms with Gasteiger partial charge in [0.25, 0.3) is 0 Å². The van der Waals surface area contributed by atoms with Crippen molar-refractivity contribution in [2.75, 3.05) is 13.1 Å². The summed E-state index contributed by atoms with van der Waals surface area (Å²) in [6, 6.07) is 0. The Morgan fingerprint density at radius 2 is 2.24 bits per heavy atom. The van der Waals surface area contributed by atoms with Gasteiger partial charge in [-0.1, -0.05) is 13.8 Å². The Balaban J connectivity index is 2.08. The summed E-state index contributed by atoms with van der Waals surface area (Å²) in [6.45, 7) is 8.19. The van der Waals surface area contributed by atoms with Gasteiger partial charge in [0.05, 0.1) is 6.20 Å². The number of H-pyrrole nitrogens is 1. The molecule has 0 saturated heterocycles. The van der Waals surface area contributed by atoms with Crippen LogP contribution in [0.2, 0.25) is 0 Å². The summed E-state index contributed by atoms with van der Waals surface area (Å²) in [7, 11) is 0. The standard InChI is InChI=1S/C12H22N4S/c1-9(2)7-14-12(17)13-6-4-5-11-8-15-16-10(11)3/h8-9H,4-7H2,1-3H3,(H,15,16)(H2,13,14,17). The largest absolute Gasteiger partial charge is 0.363 e. The second-order valence-corrected chi connectivity index (χ2v) is 5.06. The van der Waals surface area contributed by atoms with Gasteiger partial charge in [-0.15, -0.1) is 0 Å². The summed E-state index contributed by atoms with van der Waals surface area (Å²) in [5.41, 5.74) is 2.44. The van der Waals surface area contributed by atoms with Crippen LogP contribution >= 0.6 is 12.2 Å². The smallest absolute Gasteiger partial charge is 0.166 e. The molecule has 17 heavy (non-hydrogen) atoms. The number of thiocarbonyl (C=S) groups is 1. The maximum absolute atomic E-state index is 5.17. The van der Waals surface area contributed by atoms with Gasteiger partial charge >= 0.3 is 0 Å². The first-order valence-electron chi connectivity index (χ1n) is 6.10. The third-order valence-electron chi connectivity index (χ3n) is 2.51. The van der Waals surface area contributed by atoms with Gasteiger partial charge in [-0.05, 0) is 43.5 Å². The molecular weight excluding hydrogens is 232 g/mol. The highest BCUT2D eigenvalue weighted by Crippen LogP contribution is 2.04. The van der Waals surface area contributed by atoms with Gasteiger partial charge in [-0.25, -0.2) is 0 Å². The summed E-state index contributed by atoms with van der Waals surface area (Å²) < 4.78 is 0. The Hall–Kier alpha value is -1.10. The summed E-state index contributed by atoms with van der Waals surface area (Å²) >= 11 is 5.17. The van der Waals surface area contributed by atoms with E-state index >= 15 is 0 Å². The zero-order chi connectivity index (χ0) is 12.7. The molecule has 0 fully saturated rings. The van der Waals surface area contributed by atoms with Gasteiger partial charge in [0, 0.05) is 18.8 Å². The fourth-order valence-electron chi connectivity index (χ4n) is 1.47. The van der Waals surface area contributed by atoms with Crippen molar-refractivity contribution in [2.45, 2.75) is 33.6 Å². The zero-order valence-electron chi connectivity index (χ0n) is 10.8. The van der Waals surface area contributed by atoms with Crippen LogP contribution in [-0.4, -0.2) is 28.4 Å². The van der Waals surface area contributed by atoms with E-state index in [1.54, 1.807) is 0 Å². The lowest BCUT2D eigenvalue weighted by atomic mass is 10.1. The molecule has 1 heterocycles. The summed E-state index contributed by atoms with van der Waals surface area (Å²) in [6.07, 6.45) is 3.98. The van der Waals surface area contributed by atoms with Crippen molar-refractivity contribution in [2.24, 2.45) is 5.92 Å². The summed E-state index contributed by atoms with van der Waals surface area (Å²) in [5.74, 6) is 0.614. The molecule has 0 atom stereocenters. The minimum absolute atomic E-state index is 0.614. The SMILES string of the molecule is Cc1[nH]ncc1CCCNC(=S)NCC(C)C. The highest BCUT2D eigenvalue weighted by molar-refractivity contribution is 7.80. The number of aryl methyl sites for hydroxylation is 2. The average Bonchev–Trinajstić information content (AvgIpc) is 2.68. The second kappa shape index (κ2) is 7.27. The average molecular weight is 254 g/mol. The van der Waals surface area contributed by atoms with Gasteiger partial charge in [-0.3, -0.25) is 5.10 Å². The molecule has 0 aliphatic rings. The van der Waals surface area contributed by atoms with Crippen LogP contribution in [-0.2, 0) is 6.42 Å². The quantitative estimate of drug-likeness (QED) is 0.535. The number of nitrogens with one attached hydrogen (secondary N) is 3. The summed E-state index contributed by atoms with van der Waals surface area (Å²) in [5, 5.41) is 14.1. The molecule has 0 unspecified atom stereocenters. The molecule has 5 heteroatoms. The van der Waals surface area contributed by atoms with Crippen LogP contribution in [0.15, 0.2) is 6.20 Å². The van der Waals surface area contributed by atoms with Crippen molar-refractivity contribution in [3.63, 3.8) is 0 Å². The van der Waals surface area contributed by atoms with E-state index in [-0.39, 0.29) is 0 Å². The van der Waals surface area contributed by atoms with Crippen LogP contribution < -0.4 is 10.6 Å². The first-order valence-corrected chi connectivity index (χ1v) is 6.51. The molecule has 1 aromatic rings. The van der Waals surface area contributed by atoms with Crippen LogP contribution in [0.4, 0.5) is 0 Å². The van der Waals surface area contributed by atoms with Crippen molar-refractivity contribution in [3.8, 4) is 0 Å². The first kappa shape index (κ1) is 14.0. The number of aromatic amines is 1. The Bertz CT molecular complexity index is 346. The second-order valence-electron chi connectivity index (χ2n) is 4.65. The van der Waals surface area contributed by atoms with E-state index in [2.05, 4.69) is 34.7 Å². The van der Waals surface area contributed by atoms with Crippen LogP contribution in [0.1, 0.15) is 31.5 Å². The number of aromatic nitrogens is 2. The normalized spacial score (nSPS) is 10.6. The minimum atomic E-state index is 0.614. The molecule has 3 N–H and O–H groups in total. The molecule has 1 rings (SSSR count). The maximum atomic E-state index is 5.17. The predicted octanol–water partition coefficient (Wildman–Crippen LogP) is 1.77. The fraction of sp³-hybridized carbons (Fsp3) is 0.667. The Labute approximate surface area is 109 Å². The molecule has 0 spiro atoms. The predicted molar refractivity (Wildman–Crippen MR) is 75.1 cm³/mol. The Morgan fingerprint density at radius 3 is 2.82 bits per heavy atom. The molecule has 1 aromatic heterocycles. The van der Waals surface area contributed by atoms with E-state index in [9.17, 15) is 0 Å². The molecule has 4 nitrogen and oxygen atoms in total. The summed E-state index contributed by atoms with van der Waals surface area (Å²) in [4.78, 5) is 0. The highest BCUT2D eigenvalue weighted by atomic mass is 32.1. The van der Waals surface area contributed by atoms with Crippen molar-refractivity contribution < 1.29 is 0 Å². The topological polar surface area (TPSA) is 52.7 Å². The van der Waals surface area contributed by atoms with E-state index in [4.69, 9.17) is 12.2 Å². The number of rotatable bonds is 6. The molecule has 0 bridgehead atoms. The van der Waals surface area contributed by atoms with Gasteiger partial charge in [0.2, 0.25) is 0 Å². The molecule has 0 aliphatic carbocycles. The third kappa shape index (κ3) is 5.68. The lowest BCUT2D eigenvalue weighted by Crippen LogP contribution is -2.37. The Morgan fingerprint density at radius 1 is 1.47 bits per heavy atom. The molecular formula is C12H22N4S. The van der Waals surface area contributed by atoms with E-state index in [0.717, 1.165) is 36.7 Å². The number of hydrogen-bond acceptors (Lipinski definition) is 2. The molecule has 0 amide bonds. The molecule has 0 aromatic carbocycles. The molecule has 0 radical (unpaired) electrons. The van der Waals surface area contributed by atoms with Crippen LogP contribution in [0, 0.1) is 12.8 Å². The van der Waals surface area contributed by atoms with E-state index in [1.165, 1.54) is 5.56 Å². The molecule has 0 aliphatic heterocycles. The lowest BCUT2D eigenvalue weighted by Gasteiger charge is -2.11. The lowest BCUT2D eigenvalue weighted by molar-refractivity contribution is 0.617. The minimum Gasteiger partial charge on any atom is -0.363 e. The van der Waals surface area contributed by atoms with Crippen molar-refractivity contribution in [1.82, 2.24) is 20.8 Å². The highest BCUT2D eigenvalue weighted by Gasteiger charge is 2.00. The van der Waals surface area contributed by atoms with Crippen LogP contribution in [0.3, 0.4) is 0 Å². The van der Waals surface area contributed by atoms with E-state index in [0.29, 0.717) is 5.92 Å². The van der Waals surface area contributed by atoms with Gasteiger partial charge in [0.15, 0.2) is 5.11 Å². The molecule has 96 valence electrons. The van der Waals surface area contributed by atoms with Gasteiger partial charge in [0.1, 0.15) is 0 Å². The number of hydrogen-bond donors (Lipinski definition) is 3. The number of nitrogens with zero attached hydrogens (tertiary/aromatic N) is 1. The first-order chi connectivity index (χ1) is 8.09. The van der Waals surface area contributed by atoms with Crippen LogP contribution in [0.25, 0.3) is 0 Å². The van der Waals surface area contributed by atoms with Crippen molar-refractivity contribution in [3.05, 3.63) is 17.5 Å². The fourth-order valence-corrected chi connectivity index (χ4v) is 1.65. The van der Waals surface area contributed by atoms with Gasteiger partial charge in [-0.2, -0.15) is 5.10 Å².